The van der Waals surface area contributed by atoms with Gasteiger partial charge in [-0.2, -0.15) is 5.06 Å². The van der Waals surface area contributed by atoms with Gasteiger partial charge in [0.05, 0.1) is 31.4 Å². The summed E-state index contributed by atoms with van der Waals surface area (Å²) in [6, 6.07) is 13.6. The Bertz CT molecular complexity index is 2060. The van der Waals surface area contributed by atoms with Crippen molar-refractivity contribution in [1.29, 1.82) is 0 Å². The molecule has 0 aromatic heterocycles. The van der Waals surface area contributed by atoms with Crippen LogP contribution in [0.3, 0.4) is 0 Å². The monoisotopic (exact) mass is 839 g/mol. The highest BCUT2D eigenvalue weighted by atomic mass is 16.8. The minimum atomic E-state index is -1.44. The number of likely N-dealkylation sites (tertiary alicyclic amines) is 1. The Morgan fingerprint density at radius 3 is 2.46 bits per heavy atom. The van der Waals surface area contributed by atoms with Crippen molar-refractivity contribution in [1.82, 2.24) is 15.3 Å². The largest absolute Gasteiger partial charge is 0.460 e. The molecule has 3 aliphatic carbocycles. The van der Waals surface area contributed by atoms with Crippen LogP contribution in [0.4, 0.5) is 0 Å². The number of esters is 2. The number of fused-ring (bicyclic) bond motifs is 6. The maximum atomic E-state index is 15.5. The van der Waals surface area contributed by atoms with Crippen LogP contribution in [0.15, 0.2) is 54.6 Å². The Morgan fingerprint density at radius 1 is 0.984 bits per heavy atom. The topological polar surface area (TPSA) is 166 Å². The summed E-state index contributed by atoms with van der Waals surface area (Å²) in [5, 5.41) is 14.7. The van der Waals surface area contributed by atoms with Gasteiger partial charge in [-0.1, -0.05) is 60.7 Å². The molecule has 3 unspecified atom stereocenters. The van der Waals surface area contributed by atoms with Gasteiger partial charge >= 0.3 is 11.9 Å². The number of nitrogens with one attached hydrogen (secondary N) is 1. The van der Waals surface area contributed by atoms with E-state index in [4.69, 9.17) is 28.5 Å². The van der Waals surface area contributed by atoms with Crippen LogP contribution in [0, 0.1) is 11.3 Å². The number of carbonyl (C=O) groups excluding carboxylic acids is 4. The molecule has 14 heteroatoms. The first-order valence-electron chi connectivity index (χ1n) is 22.2. The number of amides is 2. The summed E-state index contributed by atoms with van der Waals surface area (Å²) < 4.78 is 31.1. The number of hydrogen-bond donors (Lipinski definition) is 2. The SMILES string of the molecule is CC(C)(C)OC(=O)CC[C@@H](CO)NC(=O)[C@H]1CCCN1C(=O)[C@@]12C[C@H]3OC(=O)[C@@H]1N(Cc1ccc(C=CC4CCC5OC5C4)cc1)O[C@@H]2[C@H]1OC2(Cc4ccccc4C2)O[C@H]13. The van der Waals surface area contributed by atoms with E-state index in [1.165, 1.54) is 0 Å². The summed E-state index contributed by atoms with van der Waals surface area (Å²) in [7, 11) is 0. The van der Waals surface area contributed by atoms with E-state index in [0.29, 0.717) is 50.4 Å². The van der Waals surface area contributed by atoms with E-state index in [2.05, 4.69) is 41.7 Å². The van der Waals surface area contributed by atoms with Crippen LogP contribution in [-0.2, 0) is 67.1 Å². The molecule has 2 N–H and O–H groups in total. The second-order valence-corrected chi connectivity index (χ2v) is 19.5. The van der Waals surface area contributed by atoms with Crippen LogP contribution < -0.4 is 5.32 Å². The molecule has 5 heterocycles. The number of aliphatic hydroxyl groups excluding tert-OH is 1. The van der Waals surface area contributed by atoms with Crippen molar-refractivity contribution in [2.45, 2.75) is 158 Å². The van der Waals surface area contributed by atoms with E-state index < -0.39 is 77.2 Å². The van der Waals surface area contributed by atoms with E-state index in [1.807, 2.05) is 24.3 Å². The molecule has 10 rings (SSSR count). The van der Waals surface area contributed by atoms with Gasteiger partial charge in [-0.25, -0.2) is 0 Å². The molecule has 2 aromatic rings. The summed E-state index contributed by atoms with van der Waals surface area (Å²) in [4.78, 5) is 64.9. The maximum Gasteiger partial charge on any atom is 0.327 e. The molecule has 5 aliphatic heterocycles. The lowest BCUT2D eigenvalue weighted by Crippen LogP contribution is -2.70. The van der Waals surface area contributed by atoms with Crippen LogP contribution in [0.1, 0.15) is 94.4 Å². The normalized spacial score (nSPS) is 34.8. The minimum Gasteiger partial charge on any atom is -0.460 e. The van der Waals surface area contributed by atoms with E-state index in [-0.39, 0.29) is 38.3 Å². The van der Waals surface area contributed by atoms with Crippen LogP contribution in [0.2, 0.25) is 0 Å². The van der Waals surface area contributed by atoms with E-state index in [9.17, 15) is 19.5 Å². The van der Waals surface area contributed by atoms with Crippen molar-refractivity contribution in [3.8, 4) is 0 Å². The third-order valence-electron chi connectivity index (χ3n) is 14.1. The zero-order valence-electron chi connectivity index (χ0n) is 35.2. The number of ether oxygens (including phenoxy) is 5. The van der Waals surface area contributed by atoms with Gasteiger partial charge < -0.3 is 39.0 Å². The summed E-state index contributed by atoms with van der Waals surface area (Å²) in [6.45, 7) is 5.46. The lowest BCUT2D eigenvalue weighted by atomic mass is 9.62. The highest BCUT2D eigenvalue weighted by Crippen LogP contribution is 2.59. The minimum absolute atomic E-state index is 0.00683. The van der Waals surface area contributed by atoms with Crippen molar-refractivity contribution < 1.29 is 52.8 Å². The molecular weight excluding hydrogens is 783 g/mol. The first-order valence-corrected chi connectivity index (χ1v) is 22.2. The Balaban J connectivity index is 0.909. The molecule has 326 valence electrons. The van der Waals surface area contributed by atoms with E-state index in [0.717, 1.165) is 41.5 Å². The predicted octanol–water partition coefficient (Wildman–Crippen LogP) is 3.94. The first-order chi connectivity index (χ1) is 29.3. The fourth-order valence-corrected chi connectivity index (χ4v) is 11.3. The van der Waals surface area contributed by atoms with E-state index in [1.54, 1.807) is 30.7 Å². The van der Waals surface area contributed by atoms with E-state index >= 15 is 4.79 Å². The second kappa shape index (κ2) is 15.6. The number of hydrogen-bond acceptors (Lipinski definition) is 12. The molecule has 11 atom stereocenters. The summed E-state index contributed by atoms with van der Waals surface area (Å²) in [5.74, 6) is -2.28. The second-order valence-electron chi connectivity index (χ2n) is 19.5. The predicted molar refractivity (Wildman–Crippen MR) is 218 cm³/mol. The van der Waals surface area contributed by atoms with Gasteiger partial charge in [-0.05, 0) is 87.5 Å². The molecule has 2 saturated carbocycles. The quantitative estimate of drug-likeness (QED) is 0.248. The van der Waals surface area contributed by atoms with Crippen LogP contribution in [0.5, 0.6) is 0 Å². The van der Waals surface area contributed by atoms with Crippen LogP contribution >= 0.6 is 0 Å². The van der Waals surface area contributed by atoms with Gasteiger partial charge in [0, 0.05) is 32.2 Å². The number of hydroxylamine groups is 2. The third kappa shape index (κ3) is 7.60. The fraction of sp³-hybridized carbons (Fsp3) is 0.617. The number of rotatable bonds is 11. The molecule has 2 aromatic carbocycles. The van der Waals surface area contributed by atoms with Gasteiger partial charge in [-0.3, -0.25) is 24.0 Å². The first kappa shape index (κ1) is 40.9. The molecule has 2 amide bonds. The number of aliphatic hydroxyl groups is 1. The average Bonchev–Trinajstić information content (AvgIpc) is 3.55. The molecule has 1 spiro atoms. The van der Waals surface area contributed by atoms with Gasteiger partial charge in [0.1, 0.15) is 41.5 Å². The Kier molecular flexibility index (Phi) is 10.4. The van der Waals surface area contributed by atoms with Gasteiger partial charge in [-0.15, -0.1) is 0 Å². The van der Waals surface area contributed by atoms with Crippen molar-refractivity contribution in [3.05, 3.63) is 76.9 Å². The average molecular weight is 840 g/mol. The molecule has 61 heavy (non-hydrogen) atoms. The van der Waals surface area contributed by atoms with Crippen molar-refractivity contribution in [2.24, 2.45) is 11.3 Å². The molecular formula is C47H57N3O11. The molecule has 14 nitrogen and oxygen atoms in total. The number of epoxide rings is 1. The zero-order valence-corrected chi connectivity index (χ0v) is 35.2. The molecule has 0 radical (unpaired) electrons. The van der Waals surface area contributed by atoms with Gasteiger partial charge in [0.15, 0.2) is 11.8 Å². The Morgan fingerprint density at radius 2 is 1.74 bits per heavy atom. The lowest BCUT2D eigenvalue weighted by molar-refractivity contribution is -0.218. The van der Waals surface area contributed by atoms with Gasteiger partial charge in [0.25, 0.3) is 0 Å². The number of benzene rings is 2. The number of carbonyl (C=O) groups is 4. The summed E-state index contributed by atoms with van der Waals surface area (Å²) >= 11 is 0. The van der Waals surface area contributed by atoms with Gasteiger partial charge in [0.2, 0.25) is 11.8 Å². The van der Waals surface area contributed by atoms with Crippen molar-refractivity contribution >= 4 is 29.8 Å². The molecule has 2 bridgehead atoms. The maximum absolute atomic E-state index is 15.5. The number of allylic oxidation sites excluding steroid dienone is 1. The fourth-order valence-electron chi connectivity index (χ4n) is 11.3. The summed E-state index contributed by atoms with van der Waals surface area (Å²) in [6.07, 6.45) is 7.89. The van der Waals surface area contributed by atoms with Crippen LogP contribution in [0.25, 0.3) is 6.08 Å². The molecule has 5 saturated heterocycles. The highest BCUT2D eigenvalue weighted by Gasteiger charge is 2.77. The zero-order chi connectivity index (χ0) is 42.3. The Hall–Kier alpha value is -4.18. The molecule has 8 aliphatic rings. The highest BCUT2D eigenvalue weighted by molar-refractivity contribution is 5.96. The molecule has 7 fully saturated rings. The third-order valence-corrected chi connectivity index (χ3v) is 14.1. The smallest absolute Gasteiger partial charge is 0.327 e. The summed E-state index contributed by atoms with van der Waals surface area (Å²) in [5.41, 5.74) is 2.11. The van der Waals surface area contributed by atoms with Crippen LogP contribution in [-0.4, -0.2) is 118 Å². The van der Waals surface area contributed by atoms with Crippen molar-refractivity contribution in [2.75, 3.05) is 13.2 Å². The Labute approximate surface area is 356 Å². The lowest BCUT2D eigenvalue weighted by Gasteiger charge is -2.50. The van der Waals surface area contributed by atoms with Crippen molar-refractivity contribution in [3.63, 3.8) is 0 Å². The number of nitrogens with zero attached hydrogens (tertiary/aromatic N) is 2. The standard InChI is InChI=1S/C47H57N3O11/c1-45(2,3)58-37(52)19-17-32(26-51)48-42(53)33-9-6-20-49(33)44(55)47-24-36-38-39(60-46(59-38)22-30-7-4-5-8-31(30)23-46)41(47)61-50(40(47)43(54)57-36)25-29-14-11-27(12-15-29)10-13-28-16-18-34-35(21-28)56-34/h4-5,7-8,10-15,28,32-36,38-41,51H,6,9,16-26H2,1-3H3,(H,48,53)/t28?,32-,33+,34?,35?,36+,38-,39-,40-,41+,47-/m0/s1.